The van der Waals surface area contributed by atoms with Crippen molar-refractivity contribution in [2.24, 2.45) is 0 Å². The zero-order chi connectivity index (χ0) is 19.2. The van der Waals surface area contributed by atoms with Gasteiger partial charge in [0.25, 0.3) is 11.6 Å². The first-order valence-corrected chi connectivity index (χ1v) is 8.47. The van der Waals surface area contributed by atoms with Gasteiger partial charge in [0.15, 0.2) is 6.61 Å². The first-order chi connectivity index (χ1) is 13.1. The second kappa shape index (κ2) is 8.19. The van der Waals surface area contributed by atoms with E-state index in [-0.39, 0.29) is 18.2 Å². The molecule has 0 radical (unpaired) electrons. The fourth-order valence-electron chi connectivity index (χ4n) is 2.97. The Hall–Kier alpha value is -3.60. The third-order valence-electron chi connectivity index (χ3n) is 4.38. The summed E-state index contributed by atoms with van der Waals surface area (Å²) in [5, 5.41) is 20.1. The minimum atomic E-state index is -0.393. The second-order valence-electron chi connectivity index (χ2n) is 6.04. The highest BCUT2D eigenvalue weighted by Crippen LogP contribution is 2.28. The van der Waals surface area contributed by atoms with Crippen molar-refractivity contribution in [3.63, 3.8) is 0 Å². The van der Waals surface area contributed by atoms with Crippen LogP contribution in [0, 0.1) is 21.4 Å². The van der Waals surface area contributed by atoms with Crippen molar-refractivity contribution in [3.8, 4) is 11.8 Å². The number of nitrogens with zero attached hydrogens (tertiary/aromatic N) is 4. The fraction of sp³-hybridized carbons (Fsp3) is 0.263. The summed E-state index contributed by atoms with van der Waals surface area (Å²) < 4.78 is 5.48. The lowest BCUT2D eigenvalue weighted by molar-refractivity contribution is -0.384. The van der Waals surface area contributed by atoms with Crippen LogP contribution < -0.4 is 9.64 Å². The number of carbonyl (C=O) groups is 1. The maximum Gasteiger partial charge on any atom is 0.292 e. The summed E-state index contributed by atoms with van der Waals surface area (Å²) in [7, 11) is 0. The molecule has 1 amide bonds. The molecule has 0 aliphatic carbocycles. The summed E-state index contributed by atoms with van der Waals surface area (Å²) in [4.78, 5) is 26.7. The number of piperazine rings is 1. The van der Waals surface area contributed by atoms with E-state index in [9.17, 15) is 14.9 Å². The van der Waals surface area contributed by atoms with Crippen molar-refractivity contribution in [1.29, 1.82) is 5.26 Å². The lowest BCUT2D eigenvalue weighted by Crippen LogP contribution is -2.50. The highest BCUT2D eigenvalue weighted by molar-refractivity contribution is 5.78. The van der Waals surface area contributed by atoms with Crippen molar-refractivity contribution in [2.75, 3.05) is 37.7 Å². The van der Waals surface area contributed by atoms with Crippen LogP contribution in [0.3, 0.4) is 0 Å². The van der Waals surface area contributed by atoms with E-state index in [4.69, 9.17) is 10.00 Å². The molecule has 2 aromatic rings. The van der Waals surface area contributed by atoms with Gasteiger partial charge in [0.1, 0.15) is 11.4 Å². The number of rotatable bonds is 5. The highest BCUT2D eigenvalue weighted by Gasteiger charge is 2.25. The molecule has 27 heavy (non-hydrogen) atoms. The standard InChI is InChI=1S/C19H18N4O4/c20-13-15-4-3-5-16(12-15)27-14-19(24)22-10-8-21(9-11-22)17-6-1-2-7-18(17)23(25)26/h1-7,12H,8-11,14H2. The molecule has 8 heteroatoms. The number of carbonyl (C=O) groups excluding carboxylic acids is 1. The number of ether oxygens (including phenoxy) is 1. The monoisotopic (exact) mass is 366 g/mol. The number of anilines is 1. The molecule has 0 aromatic heterocycles. The van der Waals surface area contributed by atoms with Gasteiger partial charge in [-0.25, -0.2) is 0 Å². The Morgan fingerprint density at radius 1 is 1.15 bits per heavy atom. The topological polar surface area (TPSA) is 99.7 Å². The molecule has 0 bridgehead atoms. The average molecular weight is 366 g/mol. The average Bonchev–Trinajstić information content (AvgIpc) is 2.72. The van der Waals surface area contributed by atoms with Crippen molar-refractivity contribution >= 4 is 17.3 Å². The number of hydrogen-bond donors (Lipinski definition) is 0. The quantitative estimate of drug-likeness (QED) is 0.594. The molecule has 0 unspecified atom stereocenters. The predicted octanol–water partition coefficient (Wildman–Crippen LogP) is 2.19. The molecule has 1 aliphatic rings. The van der Waals surface area contributed by atoms with Crippen LogP contribution in [0.5, 0.6) is 5.75 Å². The largest absolute Gasteiger partial charge is 0.484 e. The zero-order valence-electron chi connectivity index (χ0n) is 14.6. The first kappa shape index (κ1) is 18.2. The van der Waals surface area contributed by atoms with Crippen molar-refractivity contribution in [3.05, 3.63) is 64.2 Å². The van der Waals surface area contributed by atoms with Crippen LogP contribution in [-0.2, 0) is 4.79 Å². The van der Waals surface area contributed by atoms with Crippen molar-refractivity contribution in [1.82, 2.24) is 4.90 Å². The van der Waals surface area contributed by atoms with E-state index in [1.165, 1.54) is 6.07 Å². The molecule has 0 saturated carbocycles. The molecule has 1 fully saturated rings. The minimum Gasteiger partial charge on any atom is -0.484 e. The Labute approximate surface area is 156 Å². The van der Waals surface area contributed by atoms with E-state index < -0.39 is 4.92 Å². The Balaban J connectivity index is 1.55. The molecule has 1 saturated heterocycles. The van der Waals surface area contributed by atoms with Crippen LogP contribution in [0.4, 0.5) is 11.4 Å². The molecule has 1 aliphatic heterocycles. The van der Waals surface area contributed by atoms with Crippen molar-refractivity contribution in [2.45, 2.75) is 0 Å². The van der Waals surface area contributed by atoms with Gasteiger partial charge in [-0.05, 0) is 24.3 Å². The Kier molecular flexibility index (Phi) is 5.52. The van der Waals surface area contributed by atoms with Crippen LogP contribution in [0.25, 0.3) is 0 Å². The molecular formula is C19H18N4O4. The molecular weight excluding hydrogens is 348 g/mol. The fourth-order valence-corrected chi connectivity index (χ4v) is 2.97. The second-order valence-corrected chi connectivity index (χ2v) is 6.04. The van der Waals surface area contributed by atoms with Gasteiger partial charge in [0, 0.05) is 32.2 Å². The number of nitro benzene ring substituents is 1. The van der Waals surface area contributed by atoms with Gasteiger partial charge in [-0.3, -0.25) is 14.9 Å². The normalized spacial score (nSPS) is 13.7. The summed E-state index contributed by atoms with van der Waals surface area (Å²) in [5.41, 5.74) is 1.11. The Morgan fingerprint density at radius 2 is 1.89 bits per heavy atom. The van der Waals surface area contributed by atoms with Gasteiger partial charge in [-0.15, -0.1) is 0 Å². The van der Waals surface area contributed by atoms with Crippen LogP contribution in [0.2, 0.25) is 0 Å². The zero-order valence-corrected chi connectivity index (χ0v) is 14.6. The van der Waals surface area contributed by atoms with Gasteiger partial charge in [-0.2, -0.15) is 5.26 Å². The Morgan fingerprint density at radius 3 is 2.59 bits per heavy atom. The summed E-state index contributed by atoms with van der Waals surface area (Å²) in [6, 6.07) is 15.3. The molecule has 3 rings (SSSR count). The van der Waals surface area contributed by atoms with Crippen molar-refractivity contribution < 1.29 is 14.5 Å². The van der Waals surface area contributed by atoms with E-state index in [1.54, 1.807) is 47.4 Å². The molecule has 8 nitrogen and oxygen atoms in total. The molecule has 0 atom stereocenters. The highest BCUT2D eigenvalue weighted by atomic mass is 16.6. The number of benzene rings is 2. The smallest absolute Gasteiger partial charge is 0.292 e. The van der Waals surface area contributed by atoms with Gasteiger partial charge < -0.3 is 14.5 Å². The lowest BCUT2D eigenvalue weighted by Gasteiger charge is -2.35. The summed E-state index contributed by atoms with van der Waals surface area (Å²) in [6.07, 6.45) is 0. The molecule has 0 N–H and O–H groups in total. The van der Waals surface area contributed by atoms with Gasteiger partial charge >= 0.3 is 0 Å². The van der Waals surface area contributed by atoms with Gasteiger partial charge in [0.2, 0.25) is 0 Å². The molecule has 2 aromatic carbocycles. The number of nitriles is 1. The molecule has 0 spiro atoms. The number of nitro groups is 1. The number of hydrogen-bond acceptors (Lipinski definition) is 6. The summed E-state index contributed by atoms with van der Waals surface area (Å²) >= 11 is 0. The first-order valence-electron chi connectivity index (χ1n) is 8.47. The summed E-state index contributed by atoms with van der Waals surface area (Å²) in [6.45, 7) is 1.85. The summed E-state index contributed by atoms with van der Waals surface area (Å²) in [5.74, 6) is 0.320. The Bertz CT molecular complexity index is 885. The predicted molar refractivity (Wildman–Crippen MR) is 98.5 cm³/mol. The molecule has 138 valence electrons. The van der Waals surface area contributed by atoms with Crippen LogP contribution in [-0.4, -0.2) is 48.5 Å². The van der Waals surface area contributed by atoms with Gasteiger partial charge in [0.05, 0.1) is 16.6 Å². The van der Waals surface area contributed by atoms with Crippen LogP contribution in [0.1, 0.15) is 5.56 Å². The number of para-hydroxylation sites is 2. The van der Waals surface area contributed by atoms with Crippen LogP contribution in [0.15, 0.2) is 48.5 Å². The third kappa shape index (κ3) is 4.33. The maximum absolute atomic E-state index is 12.4. The van der Waals surface area contributed by atoms with Gasteiger partial charge in [-0.1, -0.05) is 18.2 Å². The lowest BCUT2D eigenvalue weighted by atomic mass is 10.2. The maximum atomic E-state index is 12.4. The van der Waals surface area contributed by atoms with E-state index in [0.717, 1.165) is 0 Å². The molecule has 1 heterocycles. The minimum absolute atomic E-state index is 0.0676. The SMILES string of the molecule is N#Cc1cccc(OCC(=O)N2CCN(c3ccccc3[N+](=O)[O-])CC2)c1. The van der Waals surface area contributed by atoms with E-state index in [1.807, 2.05) is 11.0 Å². The van der Waals surface area contributed by atoms with E-state index in [0.29, 0.717) is 43.2 Å². The third-order valence-corrected chi connectivity index (χ3v) is 4.38. The van der Waals surface area contributed by atoms with E-state index in [2.05, 4.69) is 0 Å². The van der Waals surface area contributed by atoms with E-state index >= 15 is 0 Å². The van der Waals surface area contributed by atoms with Crippen LogP contribution >= 0.6 is 0 Å². The number of amides is 1.